The summed E-state index contributed by atoms with van der Waals surface area (Å²) in [7, 11) is 0. The van der Waals surface area contributed by atoms with E-state index < -0.39 is 18.0 Å². The van der Waals surface area contributed by atoms with Gasteiger partial charge in [-0.25, -0.2) is 4.79 Å². The molecule has 1 rings (SSSR count). The molecule has 5 heteroatoms. The van der Waals surface area contributed by atoms with E-state index in [1.807, 2.05) is 0 Å². The number of hydrogen-bond donors (Lipinski definition) is 1. The first kappa shape index (κ1) is 15.0. The maximum Gasteiger partial charge on any atom is 0.338 e. The molecule has 0 aromatic heterocycles. The number of unbranched alkanes of at least 4 members (excludes halogenated alkanes) is 1. The zero-order valence-electron chi connectivity index (χ0n) is 11.2. The van der Waals surface area contributed by atoms with Gasteiger partial charge in [0, 0.05) is 0 Å². The molecular formula is C14H19NO4. The van der Waals surface area contributed by atoms with Crippen LogP contribution in [0.5, 0.6) is 5.75 Å². The van der Waals surface area contributed by atoms with Crippen molar-refractivity contribution in [3.8, 4) is 5.75 Å². The largest absolute Gasteiger partial charge is 0.494 e. The summed E-state index contributed by atoms with van der Waals surface area (Å²) in [4.78, 5) is 22.5. The lowest BCUT2D eigenvalue weighted by molar-refractivity contribution is -0.125. The molecule has 0 aliphatic heterocycles. The third-order valence-corrected chi connectivity index (χ3v) is 2.54. The summed E-state index contributed by atoms with van der Waals surface area (Å²) in [6.07, 6.45) is 1.11. The van der Waals surface area contributed by atoms with Gasteiger partial charge in [0.2, 0.25) is 0 Å². The number of hydrogen-bond acceptors (Lipinski definition) is 4. The third kappa shape index (κ3) is 4.99. The van der Waals surface area contributed by atoms with Crippen molar-refractivity contribution in [1.29, 1.82) is 0 Å². The van der Waals surface area contributed by atoms with Crippen molar-refractivity contribution in [2.45, 2.75) is 32.8 Å². The molecule has 1 atom stereocenters. The molecule has 0 spiro atoms. The number of nitrogens with two attached hydrogens (primary N) is 1. The lowest BCUT2D eigenvalue weighted by atomic mass is 10.2. The van der Waals surface area contributed by atoms with Gasteiger partial charge in [0.1, 0.15) is 5.75 Å². The highest BCUT2D eigenvalue weighted by Gasteiger charge is 2.15. The van der Waals surface area contributed by atoms with Crippen LogP contribution in [-0.2, 0) is 9.53 Å². The fourth-order valence-electron chi connectivity index (χ4n) is 1.31. The number of rotatable bonds is 7. The molecule has 0 fully saturated rings. The second-order valence-corrected chi connectivity index (χ2v) is 4.18. The summed E-state index contributed by atoms with van der Waals surface area (Å²) in [6.45, 7) is 4.17. The topological polar surface area (TPSA) is 78.6 Å². The monoisotopic (exact) mass is 265 g/mol. The van der Waals surface area contributed by atoms with Gasteiger partial charge in [-0.1, -0.05) is 13.3 Å². The Bertz CT molecular complexity index is 428. The van der Waals surface area contributed by atoms with Crippen molar-refractivity contribution in [2.24, 2.45) is 5.73 Å². The van der Waals surface area contributed by atoms with E-state index in [0.717, 1.165) is 12.8 Å². The SMILES string of the molecule is CCCCOc1ccc(C(=O)O[C@@H](C)C(N)=O)cc1. The number of amides is 1. The Morgan fingerprint density at radius 2 is 1.89 bits per heavy atom. The fourth-order valence-corrected chi connectivity index (χ4v) is 1.31. The lowest BCUT2D eigenvalue weighted by Gasteiger charge is -2.10. The van der Waals surface area contributed by atoms with E-state index in [1.165, 1.54) is 6.92 Å². The van der Waals surface area contributed by atoms with Crippen LogP contribution in [0.15, 0.2) is 24.3 Å². The molecule has 1 aromatic rings. The zero-order valence-corrected chi connectivity index (χ0v) is 11.2. The molecule has 0 radical (unpaired) electrons. The van der Waals surface area contributed by atoms with E-state index in [0.29, 0.717) is 17.9 Å². The predicted molar refractivity (Wildman–Crippen MR) is 70.9 cm³/mol. The van der Waals surface area contributed by atoms with Gasteiger partial charge >= 0.3 is 5.97 Å². The number of carbonyl (C=O) groups excluding carboxylic acids is 2. The summed E-state index contributed by atoms with van der Waals surface area (Å²) in [6, 6.07) is 6.58. The lowest BCUT2D eigenvalue weighted by Crippen LogP contribution is -2.30. The molecule has 0 bridgehead atoms. The molecule has 0 aliphatic rings. The Labute approximate surface area is 112 Å². The minimum atomic E-state index is -0.937. The average Bonchev–Trinajstić information content (AvgIpc) is 2.39. The van der Waals surface area contributed by atoms with Crippen LogP contribution in [0.4, 0.5) is 0 Å². The van der Waals surface area contributed by atoms with Crippen molar-refractivity contribution >= 4 is 11.9 Å². The van der Waals surface area contributed by atoms with Crippen molar-refractivity contribution in [1.82, 2.24) is 0 Å². The van der Waals surface area contributed by atoms with E-state index in [1.54, 1.807) is 24.3 Å². The van der Waals surface area contributed by atoms with Crippen molar-refractivity contribution < 1.29 is 19.1 Å². The standard InChI is InChI=1S/C14H19NO4/c1-3-4-9-18-12-7-5-11(6-8-12)14(17)19-10(2)13(15)16/h5-8,10H,3-4,9H2,1-2H3,(H2,15,16)/t10-/m0/s1. The molecule has 1 aromatic carbocycles. The summed E-state index contributed by atoms with van der Waals surface area (Å²) in [5.41, 5.74) is 5.38. The average molecular weight is 265 g/mol. The van der Waals surface area contributed by atoms with Crippen molar-refractivity contribution in [2.75, 3.05) is 6.61 Å². The quantitative estimate of drug-likeness (QED) is 0.603. The van der Waals surface area contributed by atoms with Crippen LogP contribution in [0.2, 0.25) is 0 Å². The van der Waals surface area contributed by atoms with Gasteiger partial charge in [0.15, 0.2) is 6.10 Å². The summed E-state index contributed by atoms with van der Waals surface area (Å²) in [5, 5.41) is 0. The molecule has 5 nitrogen and oxygen atoms in total. The van der Waals surface area contributed by atoms with Crippen molar-refractivity contribution in [3.63, 3.8) is 0 Å². The molecule has 2 N–H and O–H groups in total. The maximum absolute atomic E-state index is 11.7. The number of benzene rings is 1. The van der Waals surface area contributed by atoms with E-state index >= 15 is 0 Å². The van der Waals surface area contributed by atoms with E-state index in [9.17, 15) is 9.59 Å². The summed E-state index contributed by atoms with van der Waals surface area (Å²) >= 11 is 0. The Hall–Kier alpha value is -2.04. The summed E-state index contributed by atoms with van der Waals surface area (Å²) < 4.78 is 10.4. The highest BCUT2D eigenvalue weighted by Crippen LogP contribution is 2.14. The summed E-state index contributed by atoms with van der Waals surface area (Å²) in [5.74, 6) is -0.549. The van der Waals surface area contributed by atoms with Gasteiger partial charge < -0.3 is 15.2 Å². The molecule has 19 heavy (non-hydrogen) atoms. The Kier molecular flexibility index (Phi) is 5.85. The third-order valence-electron chi connectivity index (χ3n) is 2.54. The molecule has 104 valence electrons. The molecule has 0 heterocycles. The van der Waals surface area contributed by atoms with Gasteiger partial charge in [-0.3, -0.25) is 4.79 Å². The highest BCUT2D eigenvalue weighted by molar-refractivity contribution is 5.92. The second-order valence-electron chi connectivity index (χ2n) is 4.18. The van der Waals surface area contributed by atoms with Gasteiger partial charge in [0.05, 0.1) is 12.2 Å². The van der Waals surface area contributed by atoms with Crippen LogP contribution < -0.4 is 10.5 Å². The molecule has 1 amide bonds. The van der Waals surface area contributed by atoms with Crippen LogP contribution in [0, 0.1) is 0 Å². The number of primary amides is 1. The zero-order chi connectivity index (χ0) is 14.3. The molecule has 0 saturated heterocycles. The Morgan fingerprint density at radius 1 is 1.26 bits per heavy atom. The Morgan fingerprint density at radius 3 is 2.42 bits per heavy atom. The second kappa shape index (κ2) is 7.41. The molecule has 0 unspecified atom stereocenters. The number of ether oxygens (including phenoxy) is 2. The highest BCUT2D eigenvalue weighted by atomic mass is 16.5. The maximum atomic E-state index is 11.7. The van der Waals surface area contributed by atoms with Gasteiger partial charge in [-0.15, -0.1) is 0 Å². The minimum Gasteiger partial charge on any atom is -0.494 e. The van der Waals surface area contributed by atoms with Crippen LogP contribution in [0.3, 0.4) is 0 Å². The van der Waals surface area contributed by atoms with Gasteiger partial charge in [-0.05, 0) is 37.6 Å². The van der Waals surface area contributed by atoms with Crippen LogP contribution in [-0.4, -0.2) is 24.6 Å². The number of esters is 1. The molecular weight excluding hydrogens is 246 g/mol. The van der Waals surface area contributed by atoms with Crippen LogP contribution in [0.25, 0.3) is 0 Å². The van der Waals surface area contributed by atoms with Crippen LogP contribution >= 0.6 is 0 Å². The van der Waals surface area contributed by atoms with Gasteiger partial charge in [-0.2, -0.15) is 0 Å². The fraction of sp³-hybridized carbons (Fsp3) is 0.429. The smallest absolute Gasteiger partial charge is 0.338 e. The number of carbonyl (C=O) groups is 2. The normalized spacial score (nSPS) is 11.7. The first-order chi connectivity index (χ1) is 9.04. The molecule has 0 aliphatic carbocycles. The first-order valence-electron chi connectivity index (χ1n) is 6.27. The van der Waals surface area contributed by atoms with Crippen molar-refractivity contribution in [3.05, 3.63) is 29.8 Å². The minimum absolute atomic E-state index is 0.357. The molecule has 0 saturated carbocycles. The van der Waals surface area contributed by atoms with E-state index in [2.05, 4.69) is 6.92 Å². The van der Waals surface area contributed by atoms with E-state index in [4.69, 9.17) is 15.2 Å². The first-order valence-corrected chi connectivity index (χ1v) is 6.27. The van der Waals surface area contributed by atoms with Gasteiger partial charge in [0.25, 0.3) is 5.91 Å². The predicted octanol–water partition coefficient (Wildman–Crippen LogP) is 1.90. The van der Waals surface area contributed by atoms with Crippen LogP contribution in [0.1, 0.15) is 37.0 Å². The van der Waals surface area contributed by atoms with E-state index in [-0.39, 0.29) is 0 Å². The Balaban J connectivity index is 2.55.